The quantitative estimate of drug-likeness (QED) is 0.853. The van der Waals surface area contributed by atoms with Crippen LogP contribution in [0.25, 0.3) is 11.1 Å². The lowest BCUT2D eigenvalue weighted by atomic mass is 10.0. The number of thiocyanates is 1. The Kier molecular flexibility index (Phi) is 4.67. The molecular weight excluding hydrogens is 294 g/mol. The van der Waals surface area contributed by atoms with Crippen LogP contribution in [0.15, 0.2) is 48.5 Å². The van der Waals surface area contributed by atoms with Crippen LogP contribution in [0.5, 0.6) is 0 Å². The molecule has 3 nitrogen and oxygen atoms in total. The first-order chi connectivity index (χ1) is 9.63. The first kappa shape index (κ1) is 14.4. The summed E-state index contributed by atoms with van der Waals surface area (Å²) in [5.41, 5.74) is 2.34. The van der Waals surface area contributed by atoms with Crippen molar-refractivity contribution in [3.05, 3.63) is 59.1 Å². The van der Waals surface area contributed by atoms with Crippen LogP contribution >= 0.6 is 23.4 Å². The highest BCUT2D eigenvalue weighted by molar-refractivity contribution is 8.04. The molecule has 0 aliphatic rings. The van der Waals surface area contributed by atoms with Crippen LogP contribution in [0.4, 0.5) is 0 Å². The minimum Gasteiger partial charge on any atom is -0.480 e. The van der Waals surface area contributed by atoms with Gasteiger partial charge in [0.05, 0.1) is 0 Å². The van der Waals surface area contributed by atoms with Gasteiger partial charge in [0.25, 0.3) is 0 Å². The third-order valence-electron chi connectivity index (χ3n) is 2.78. The molecule has 0 fully saturated rings. The molecule has 0 spiro atoms. The van der Waals surface area contributed by atoms with Crippen LogP contribution < -0.4 is 0 Å². The molecule has 1 N–H and O–H groups in total. The summed E-state index contributed by atoms with van der Waals surface area (Å²) in [6, 6.07) is 14.8. The first-order valence-corrected chi connectivity index (χ1v) is 7.01. The predicted octanol–water partition coefficient (Wildman–Crippen LogP) is 4.35. The Balaban J connectivity index is 2.40. The minimum absolute atomic E-state index is 0.349. The monoisotopic (exact) mass is 303 g/mol. The number of thioether (sulfide) groups is 1. The molecule has 0 radical (unpaired) electrons. The third-order valence-corrected chi connectivity index (χ3v) is 3.91. The van der Waals surface area contributed by atoms with Crippen LogP contribution in [0.1, 0.15) is 10.8 Å². The number of carboxylic acids is 1. The van der Waals surface area contributed by atoms with Gasteiger partial charge in [-0.15, -0.1) is 0 Å². The molecule has 100 valence electrons. The van der Waals surface area contributed by atoms with E-state index in [1.165, 1.54) is 0 Å². The summed E-state index contributed by atoms with van der Waals surface area (Å²) in [5, 5.41) is 19.0. The number of carbonyl (C=O) groups is 1. The molecule has 2 aromatic rings. The molecule has 1 unspecified atom stereocenters. The number of hydrogen-bond donors (Lipinski definition) is 1. The topological polar surface area (TPSA) is 61.1 Å². The van der Waals surface area contributed by atoms with Crippen molar-refractivity contribution in [3.8, 4) is 16.5 Å². The van der Waals surface area contributed by atoms with E-state index in [4.69, 9.17) is 22.0 Å². The van der Waals surface area contributed by atoms with Gasteiger partial charge in [-0.2, -0.15) is 5.26 Å². The fraction of sp³-hybridized carbons (Fsp3) is 0.0667. The van der Waals surface area contributed by atoms with Crippen molar-refractivity contribution in [1.29, 1.82) is 5.26 Å². The summed E-state index contributed by atoms with van der Waals surface area (Å²) in [7, 11) is 0. The summed E-state index contributed by atoms with van der Waals surface area (Å²) in [6.45, 7) is 0. The zero-order chi connectivity index (χ0) is 14.5. The molecule has 0 amide bonds. The molecule has 0 heterocycles. The van der Waals surface area contributed by atoms with Crippen LogP contribution in [-0.2, 0) is 4.79 Å². The van der Waals surface area contributed by atoms with Crippen molar-refractivity contribution in [2.24, 2.45) is 0 Å². The van der Waals surface area contributed by atoms with Gasteiger partial charge in [0.1, 0.15) is 10.7 Å². The fourth-order valence-electron chi connectivity index (χ4n) is 1.85. The molecule has 0 aliphatic carbocycles. The molecule has 20 heavy (non-hydrogen) atoms. The van der Waals surface area contributed by atoms with Crippen molar-refractivity contribution in [2.75, 3.05) is 0 Å². The van der Waals surface area contributed by atoms with Crippen LogP contribution in [0.3, 0.4) is 0 Å². The van der Waals surface area contributed by atoms with Gasteiger partial charge in [0, 0.05) is 5.02 Å². The van der Waals surface area contributed by atoms with Crippen molar-refractivity contribution in [2.45, 2.75) is 5.25 Å². The number of rotatable bonds is 4. The lowest BCUT2D eigenvalue weighted by Gasteiger charge is -2.11. The van der Waals surface area contributed by atoms with E-state index in [1.54, 1.807) is 17.5 Å². The molecule has 1 atom stereocenters. The van der Waals surface area contributed by atoms with Gasteiger partial charge in [-0.05, 0) is 34.5 Å². The van der Waals surface area contributed by atoms with Gasteiger partial charge < -0.3 is 5.11 Å². The van der Waals surface area contributed by atoms with E-state index >= 15 is 0 Å². The van der Waals surface area contributed by atoms with Gasteiger partial charge in [-0.1, -0.05) is 54.1 Å². The number of carboxylic acid groups (broad SMARTS) is 1. The second-order valence-electron chi connectivity index (χ2n) is 4.03. The standard InChI is InChI=1S/C15H10ClNO2S/c16-13-8-11(10-4-2-1-3-5-10)6-7-12(13)14(15(18)19)20-9-17/h1-8,14H,(H,18,19). The van der Waals surface area contributed by atoms with Crippen molar-refractivity contribution in [3.63, 3.8) is 0 Å². The molecule has 0 bridgehead atoms. The second-order valence-corrected chi connectivity index (χ2v) is 5.33. The van der Waals surface area contributed by atoms with Gasteiger partial charge in [0.2, 0.25) is 0 Å². The van der Waals surface area contributed by atoms with Crippen LogP contribution in [0.2, 0.25) is 5.02 Å². The fourth-order valence-corrected chi connectivity index (χ4v) is 2.74. The zero-order valence-corrected chi connectivity index (χ0v) is 11.9. The summed E-state index contributed by atoms with van der Waals surface area (Å²) in [6.07, 6.45) is 0. The highest BCUT2D eigenvalue weighted by Crippen LogP contribution is 2.35. The lowest BCUT2D eigenvalue weighted by molar-refractivity contribution is -0.136. The van der Waals surface area contributed by atoms with Gasteiger partial charge >= 0.3 is 5.97 Å². The van der Waals surface area contributed by atoms with Crippen molar-refractivity contribution >= 4 is 29.3 Å². The molecule has 0 saturated carbocycles. The normalized spacial score (nSPS) is 11.6. The number of halogens is 1. The van der Waals surface area contributed by atoms with E-state index in [0.29, 0.717) is 22.3 Å². The molecular formula is C15H10ClNO2S. The summed E-state index contributed by atoms with van der Waals surface area (Å²) < 4.78 is 0. The Labute approximate surface area is 125 Å². The van der Waals surface area contributed by atoms with E-state index in [0.717, 1.165) is 11.1 Å². The van der Waals surface area contributed by atoms with Gasteiger partial charge in [-0.3, -0.25) is 4.79 Å². The highest BCUT2D eigenvalue weighted by atomic mass is 35.5. The third kappa shape index (κ3) is 3.13. The number of hydrogen-bond acceptors (Lipinski definition) is 3. The van der Waals surface area contributed by atoms with Crippen molar-refractivity contribution in [1.82, 2.24) is 0 Å². The Morgan fingerprint density at radius 3 is 2.45 bits per heavy atom. The van der Waals surface area contributed by atoms with Crippen LogP contribution in [-0.4, -0.2) is 11.1 Å². The Morgan fingerprint density at radius 1 is 1.20 bits per heavy atom. The number of benzene rings is 2. The zero-order valence-electron chi connectivity index (χ0n) is 10.3. The number of aliphatic carboxylic acids is 1. The molecule has 0 saturated heterocycles. The summed E-state index contributed by atoms with van der Waals surface area (Å²) in [5.74, 6) is -1.08. The largest absolute Gasteiger partial charge is 0.480 e. The lowest BCUT2D eigenvalue weighted by Crippen LogP contribution is -2.07. The second kappa shape index (κ2) is 6.47. The Hall–Kier alpha value is -1.96. The minimum atomic E-state index is -1.08. The molecule has 0 aromatic heterocycles. The van der Waals surface area contributed by atoms with Crippen molar-refractivity contribution < 1.29 is 9.90 Å². The van der Waals surface area contributed by atoms with E-state index < -0.39 is 11.2 Å². The van der Waals surface area contributed by atoms with E-state index in [-0.39, 0.29) is 0 Å². The maximum absolute atomic E-state index is 11.2. The number of nitrogens with zero attached hydrogens (tertiary/aromatic N) is 1. The average Bonchev–Trinajstić information content (AvgIpc) is 2.46. The van der Waals surface area contributed by atoms with Gasteiger partial charge in [-0.25, -0.2) is 0 Å². The van der Waals surface area contributed by atoms with Gasteiger partial charge in [0.15, 0.2) is 0 Å². The van der Waals surface area contributed by atoms with E-state index in [1.807, 2.05) is 36.4 Å². The predicted molar refractivity (Wildman–Crippen MR) is 80.5 cm³/mol. The molecule has 5 heteroatoms. The summed E-state index contributed by atoms with van der Waals surface area (Å²) >= 11 is 6.84. The Morgan fingerprint density at radius 2 is 1.90 bits per heavy atom. The summed E-state index contributed by atoms with van der Waals surface area (Å²) in [4.78, 5) is 11.2. The van der Waals surface area contributed by atoms with E-state index in [9.17, 15) is 4.79 Å². The maximum atomic E-state index is 11.2. The number of nitriles is 1. The SMILES string of the molecule is N#CSC(C(=O)O)c1ccc(-c2ccccc2)cc1Cl. The smallest absolute Gasteiger partial charge is 0.322 e. The van der Waals surface area contributed by atoms with E-state index in [2.05, 4.69) is 0 Å². The van der Waals surface area contributed by atoms with Crippen LogP contribution in [0, 0.1) is 10.7 Å². The highest BCUT2D eigenvalue weighted by Gasteiger charge is 2.23. The Bertz CT molecular complexity index is 667. The average molecular weight is 304 g/mol. The first-order valence-electron chi connectivity index (χ1n) is 5.76. The maximum Gasteiger partial charge on any atom is 0.322 e. The molecule has 2 aromatic carbocycles. The molecule has 0 aliphatic heterocycles. The molecule has 2 rings (SSSR count).